The minimum Gasteiger partial charge on any atom is -0.492 e. The maximum absolute atomic E-state index is 12.0. The van der Waals surface area contributed by atoms with Crippen LogP contribution in [-0.4, -0.2) is 37.6 Å². The average molecular weight is 347 g/mol. The summed E-state index contributed by atoms with van der Waals surface area (Å²) in [6.07, 6.45) is 0. The molecule has 0 saturated carbocycles. The Labute approximate surface area is 148 Å². The molecule has 128 valence electrons. The molecule has 24 heavy (non-hydrogen) atoms. The van der Waals surface area contributed by atoms with Gasteiger partial charge >= 0.3 is 0 Å². The first-order valence-electron chi connectivity index (χ1n) is 7.92. The Morgan fingerprint density at radius 2 is 2.00 bits per heavy atom. The van der Waals surface area contributed by atoms with E-state index < -0.39 is 0 Å². The van der Waals surface area contributed by atoms with Crippen LogP contribution in [0.25, 0.3) is 0 Å². The van der Waals surface area contributed by atoms with Crippen LogP contribution in [0.15, 0.2) is 48.5 Å². The fourth-order valence-corrected chi connectivity index (χ4v) is 2.47. The highest BCUT2D eigenvalue weighted by Crippen LogP contribution is 2.12. The highest BCUT2D eigenvalue weighted by Gasteiger charge is 2.07. The Hall–Kier alpha value is -2.04. The van der Waals surface area contributed by atoms with Crippen LogP contribution in [-0.2, 0) is 11.3 Å². The molecule has 0 unspecified atom stereocenters. The predicted molar refractivity (Wildman–Crippen MR) is 97.5 cm³/mol. The van der Waals surface area contributed by atoms with Crippen molar-refractivity contribution in [2.24, 2.45) is 0 Å². The first-order valence-corrected chi connectivity index (χ1v) is 8.30. The van der Waals surface area contributed by atoms with Gasteiger partial charge in [0.2, 0.25) is 5.91 Å². The molecule has 1 N–H and O–H groups in total. The number of likely N-dealkylation sites (N-methyl/N-ethyl adjacent to an activating group) is 1. The molecule has 0 heterocycles. The van der Waals surface area contributed by atoms with Gasteiger partial charge < -0.3 is 10.1 Å². The van der Waals surface area contributed by atoms with E-state index in [-0.39, 0.29) is 5.91 Å². The van der Waals surface area contributed by atoms with E-state index in [9.17, 15) is 4.79 Å². The summed E-state index contributed by atoms with van der Waals surface area (Å²) in [5.74, 6) is 0.835. The largest absolute Gasteiger partial charge is 0.492 e. The van der Waals surface area contributed by atoms with E-state index in [1.807, 2.05) is 67.4 Å². The number of hydrogen-bond donors (Lipinski definition) is 1. The standard InChI is InChI=1S/C19H23ClN2O2/c1-15-5-3-8-18(11-15)24-10-9-22(2)14-19(23)21-13-16-6-4-7-17(20)12-16/h3-8,11-12H,9-10,13-14H2,1-2H3,(H,21,23). The van der Waals surface area contributed by atoms with Gasteiger partial charge in [0.05, 0.1) is 6.54 Å². The van der Waals surface area contributed by atoms with Gasteiger partial charge in [-0.05, 0) is 49.4 Å². The fraction of sp³-hybridized carbons (Fsp3) is 0.316. The van der Waals surface area contributed by atoms with E-state index >= 15 is 0 Å². The third-order valence-electron chi connectivity index (χ3n) is 3.52. The lowest BCUT2D eigenvalue weighted by Gasteiger charge is -2.17. The minimum atomic E-state index is -0.0203. The number of rotatable bonds is 8. The average Bonchev–Trinajstić information content (AvgIpc) is 2.53. The zero-order valence-electron chi connectivity index (χ0n) is 14.1. The molecule has 2 aromatic rings. The third-order valence-corrected chi connectivity index (χ3v) is 3.76. The van der Waals surface area contributed by atoms with E-state index in [4.69, 9.17) is 16.3 Å². The van der Waals surface area contributed by atoms with Gasteiger partial charge in [-0.1, -0.05) is 35.9 Å². The summed E-state index contributed by atoms with van der Waals surface area (Å²) < 4.78 is 5.69. The molecule has 0 fully saturated rings. The minimum absolute atomic E-state index is 0.0203. The third kappa shape index (κ3) is 6.60. The Morgan fingerprint density at radius 1 is 1.21 bits per heavy atom. The second-order valence-electron chi connectivity index (χ2n) is 5.81. The number of aryl methyl sites for hydroxylation is 1. The van der Waals surface area contributed by atoms with Crippen LogP contribution in [0.2, 0.25) is 5.02 Å². The van der Waals surface area contributed by atoms with Crippen molar-refractivity contribution in [3.05, 3.63) is 64.7 Å². The van der Waals surface area contributed by atoms with Gasteiger partial charge in [0.15, 0.2) is 0 Å². The Bertz CT molecular complexity index is 676. The van der Waals surface area contributed by atoms with Gasteiger partial charge in [-0.3, -0.25) is 9.69 Å². The topological polar surface area (TPSA) is 41.6 Å². The van der Waals surface area contributed by atoms with Gasteiger partial charge in [0, 0.05) is 18.1 Å². The van der Waals surface area contributed by atoms with Crippen LogP contribution >= 0.6 is 11.6 Å². The quantitative estimate of drug-likeness (QED) is 0.797. The molecule has 1 amide bonds. The smallest absolute Gasteiger partial charge is 0.234 e. The number of benzene rings is 2. The molecule has 0 saturated heterocycles. The van der Waals surface area contributed by atoms with Gasteiger partial charge in [0.25, 0.3) is 0 Å². The lowest BCUT2D eigenvalue weighted by Crippen LogP contribution is -2.36. The summed E-state index contributed by atoms with van der Waals surface area (Å²) in [5.41, 5.74) is 2.16. The van der Waals surface area contributed by atoms with Crippen LogP contribution < -0.4 is 10.1 Å². The Kier molecular flexibility index (Phi) is 7.09. The summed E-state index contributed by atoms with van der Waals surface area (Å²) in [4.78, 5) is 13.9. The van der Waals surface area contributed by atoms with Crippen molar-refractivity contribution in [3.63, 3.8) is 0 Å². The lowest BCUT2D eigenvalue weighted by molar-refractivity contribution is -0.122. The van der Waals surface area contributed by atoms with Gasteiger partial charge in [0.1, 0.15) is 12.4 Å². The van der Waals surface area contributed by atoms with Crippen LogP contribution in [0.3, 0.4) is 0 Å². The zero-order chi connectivity index (χ0) is 17.4. The molecule has 0 radical (unpaired) electrons. The predicted octanol–water partition coefficient (Wildman–Crippen LogP) is 3.28. The summed E-state index contributed by atoms with van der Waals surface area (Å²) in [5, 5.41) is 3.57. The molecule has 5 heteroatoms. The highest BCUT2D eigenvalue weighted by molar-refractivity contribution is 6.30. The number of halogens is 1. The van der Waals surface area contributed by atoms with E-state index in [0.717, 1.165) is 11.3 Å². The second-order valence-corrected chi connectivity index (χ2v) is 6.25. The number of nitrogens with one attached hydrogen (secondary N) is 1. The van der Waals surface area contributed by atoms with Crippen molar-refractivity contribution in [2.75, 3.05) is 26.7 Å². The number of nitrogens with zero attached hydrogens (tertiary/aromatic N) is 1. The maximum atomic E-state index is 12.0. The van der Waals surface area contributed by atoms with Gasteiger partial charge in [-0.2, -0.15) is 0 Å². The van der Waals surface area contributed by atoms with Gasteiger partial charge in [-0.25, -0.2) is 0 Å². The van der Waals surface area contributed by atoms with Gasteiger partial charge in [-0.15, -0.1) is 0 Å². The molecule has 0 aliphatic carbocycles. The van der Waals surface area contributed by atoms with Crippen LogP contribution in [0.4, 0.5) is 0 Å². The maximum Gasteiger partial charge on any atom is 0.234 e. The van der Waals surface area contributed by atoms with E-state index in [1.54, 1.807) is 0 Å². The Morgan fingerprint density at radius 3 is 2.75 bits per heavy atom. The van der Waals surface area contributed by atoms with Crippen LogP contribution in [0.1, 0.15) is 11.1 Å². The lowest BCUT2D eigenvalue weighted by atomic mass is 10.2. The number of carbonyl (C=O) groups excluding carboxylic acids is 1. The SMILES string of the molecule is Cc1cccc(OCCN(C)CC(=O)NCc2cccc(Cl)c2)c1. The molecular formula is C19H23ClN2O2. The molecule has 2 aromatic carbocycles. The number of ether oxygens (including phenoxy) is 1. The summed E-state index contributed by atoms with van der Waals surface area (Å²) in [7, 11) is 1.90. The van der Waals surface area contributed by atoms with E-state index in [2.05, 4.69) is 5.32 Å². The molecule has 2 rings (SSSR count). The summed E-state index contributed by atoms with van der Waals surface area (Å²) >= 11 is 5.93. The molecule has 0 aromatic heterocycles. The fourth-order valence-electron chi connectivity index (χ4n) is 2.25. The molecule has 0 aliphatic rings. The van der Waals surface area contributed by atoms with Crippen molar-refractivity contribution in [1.82, 2.24) is 10.2 Å². The first-order chi connectivity index (χ1) is 11.5. The number of carbonyl (C=O) groups is 1. The van der Waals surface area contributed by atoms with E-state index in [0.29, 0.717) is 31.3 Å². The molecule has 0 atom stereocenters. The summed E-state index contributed by atoms with van der Waals surface area (Å²) in [6.45, 7) is 4.06. The molecule has 4 nitrogen and oxygen atoms in total. The molecule has 0 spiro atoms. The molecule has 0 aliphatic heterocycles. The van der Waals surface area contributed by atoms with Crippen LogP contribution in [0, 0.1) is 6.92 Å². The Balaban J connectivity index is 1.66. The molecule has 0 bridgehead atoms. The van der Waals surface area contributed by atoms with Crippen LogP contribution in [0.5, 0.6) is 5.75 Å². The second kappa shape index (κ2) is 9.30. The first kappa shape index (κ1) is 18.3. The van der Waals surface area contributed by atoms with E-state index in [1.165, 1.54) is 5.56 Å². The normalized spacial score (nSPS) is 10.7. The number of amides is 1. The van der Waals surface area contributed by atoms with Crippen molar-refractivity contribution >= 4 is 17.5 Å². The zero-order valence-corrected chi connectivity index (χ0v) is 14.8. The van der Waals surface area contributed by atoms with Crippen molar-refractivity contribution in [2.45, 2.75) is 13.5 Å². The van der Waals surface area contributed by atoms with Crippen molar-refractivity contribution in [3.8, 4) is 5.75 Å². The number of hydrogen-bond acceptors (Lipinski definition) is 3. The highest BCUT2D eigenvalue weighted by atomic mass is 35.5. The summed E-state index contributed by atoms with van der Waals surface area (Å²) in [6, 6.07) is 15.4. The van der Waals surface area contributed by atoms with Crippen molar-refractivity contribution in [1.29, 1.82) is 0 Å². The van der Waals surface area contributed by atoms with Crippen molar-refractivity contribution < 1.29 is 9.53 Å². The monoisotopic (exact) mass is 346 g/mol. The molecular weight excluding hydrogens is 324 g/mol.